The number of nitrogens with one attached hydrogen (secondary N) is 1. The minimum Gasteiger partial charge on any atom is -0.396 e. The van der Waals surface area contributed by atoms with Gasteiger partial charge in [-0.05, 0) is 30.4 Å². The Balaban J connectivity index is 2.54. The van der Waals surface area contributed by atoms with Gasteiger partial charge in [0.1, 0.15) is 0 Å². The van der Waals surface area contributed by atoms with E-state index in [0.717, 1.165) is 11.8 Å². The molecular formula is C12H15BrF3NOS. The van der Waals surface area contributed by atoms with E-state index in [1.165, 1.54) is 12.1 Å². The van der Waals surface area contributed by atoms with Crippen LogP contribution in [0.3, 0.4) is 0 Å². The topological polar surface area (TPSA) is 32.3 Å². The Hall–Kier alpha value is -0.400. The molecule has 0 aliphatic rings. The molecule has 0 amide bonds. The van der Waals surface area contributed by atoms with Gasteiger partial charge < -0.3 is 10.4 Å². The summed E-state index contributed by atoms with van der Waals surface area (Å²) in [4.78, 5) is 0. The zero-order valence-electron chi connectivity index (χ0n) is 10.1. The minimum absolute atomic E-state index is 0.0876. The van der Waals surface area contributed by atoms with E-state index >= 15 is 0 Å². The number of benzene rings is 1. The number of aliphatic hydroxyl groups excluding tert-OH is 1. The first-order chi connectivity index (χ1) is 8.95. The molecule has 0 unspecified atom stereocenters. The maximum atomic E-state index is 12.8. The molecule has 2 N–H and O–H groups in total. The van der Waals surface area contributed by atoms with Gasteiger partial charge in [0.2, 0.25) is 0 Å². The summed E-state index contributed by atoms with van der Waals surface area (Å²) >= 11 is 4.77. The zero-order valence-corrected chi connectivity index (χ0v) is 12.5. The number of anilines is 1. The molecule has 108 valence electrons. The molecule has 0 aromatic heterocycles. The smallest absolute Gasteiger partial charge is 0.396 e. The van der Waals surface area contributed by atoms with Crippen molar-refractivity contribution in [3.8, 4) is 0 Å². The Bertz CT molecular complexity index is 401. The second kappa shape index (κ2) is 8.01. The normalized spacial score (nSPS) is 11.6. The number of hydrogen-bond acceptors (Lipinski definition) is 3. The molecule has 0 aliphatic heterocycles. The molecule has 0 aliphatic carbocycles. The van der Waals surface area contributed by atoms with E-state index in [0.29, 0.717) is 23.2 Å². The maximum absolute atomic E-state index is 12.8. The average Bonchev–Trinajstić information content (AvgIpc) is 2.32. The van der Waals surface area contributed by atoms with E-state index in [1.54, 1.807) is 11.8 Å². The van der Waals surface area contributed by atoms with E-state index in [4.69, 9.17) is 5.11 Å². The van der Waals surface area contributed by atoms with Crippen molar-refractivity contribution in [3.05, 3.63) is 28.2 Å². The summed E-state index contributed by atoms with van der Waals surface area (Å²) < 4.78 is 38.9. The lowest BCUT2D eigenvalue weighted by Gasteiger charge is -2.14. The first kappa shape index (κ1) is 16.7. The molecule has 0 saturated heterocycles. The van der Waals surface area contributed by atoms with Crippen molar-refractivity contribution in [1.82, 2.24) is 0 Å². The number of hydrogen-bond donors (Lipinski definition) is 2. The number of alkyl halides is 3. The monoisotopic (exact) mass is 357 g/mol. The molecule has 7 heteroatoms. The van der Waals surface area contributed by atoms with Crippen LogP contribution in [0.2, 0.25) is 0 Å². The fourth-order valence-electron chi connectivity index (χ4n) is 1.44. The van der Waals surface area contributed by atoms with Gasteiger partial charge in [-0.2, -0.15) is 24.9 Å². The molecule has 0 fully saturated rings. The summed E-state index contributed by atoms with van der Waals surface area (Å²) in [6.07, 6.45) is -3.65. The summed E-state index contributed by atoms with van der Waals surface area (Å²) in [5.74, 6) is 1.51. The Morgan fingerprint density at radius 1 is 1.26 bits per heavy atom. The molecule has 1 aromatic carbocycles. The van der Waals surface area contributed by atoms with Crippen LogP contribution in [0, 0.1) is 0 Å². The molecule has 0 atom stereocenters. The predicted octanol–water partition coefficient (Wildman–Crippen LogP) is 4.00. The van der Waals surface area contributed by atoms with Gasteiger partial charge in [-0.3, -0.25) is 0 Å². The van der Waals surface area contributed by atoms with Gasteiger partial charge in [0.05, 0.1) is 5.56 Å². The molecule has 1 aromatic rings. The van der Waals surface area contributed by atoms with Crippen LogP contribution in [0.25, 0.3) is 0 Å². The summed E-state index contributed by atoms with van der Waals surface area (Å²) in [6.45, 7) is 0.597. The molecule has 2 nitrogen and oxygen atoms in total. The summed E-state index contributed by atoms with van der Waals surface area (Å²) in [5, 5.41) is 11.4. The van der Waals surface area contributed by atoms with Gasteiger partial charge in [-0.1, -0.05) is 15.9 Å². The molecular weight excluding hydrogens is 343 g/mol. The van der Waals surface area contributed by atoms with Crippen LogP contribution in [0.15, 0.2) is 22.7 Å². The summed E-state index contributed by atoms with van der Waals surface area (Å²) in [6, 6.07) is 3.87. The average molecular weight is 358 g/mol. The zero-order chi connectivity index (χ0) is 14.3. The Labute approximate surface area is 122 Å². The molecule has 1 rings (SSSR count). The largest absolute Gasteiger partial charge is 0.418 e. The molecule has 0 heterocycles. The molecule has 0 radical (unpaired) electrons. The standard InChI is InChI=1S/C12H15BrF3NOS/c13-9-2-3-10(12(14,15)16)11(8-9)17-4-7-19-6-1-5-18/h2-3,8,17-18H,1,4-7H2. The highest BCUT2D eigenvalue weighted by Gasteiger charge is 2.33. The highest BCUT2D eigenvalue weighted by atomic mass is 79.9. The lowest BCUT2D eigenvalue weighted by molar-refractivity contribution is -0.136. The fourth-order valence-corrected chi connectivity index (χ4v) is 2.58. The molecule has 19 heavy (non-hydrogen) atoms. The van der Waals surface area contributed by atoms with Crippen molar-refractivity contribution in [2.75, 3.05) is 30.0 Å². The van der Waals surface area contributed by atoms with Crippen molar-refractivity contribution >= 4 is 33.4 Å². The third-order valence-corrected chi connectivity index (χ3v) is 3.86. The van der Waals surface area contributed by atoms with Gasteiger partial charge in [0, 0.05) is 29.1 Å². The molecule has 0 spiro atoms. The quantitative estimate of drug-likeness (QED) is 0.723. The van der Waals surface area contributed by atoms with Gasteiger partial charge >= 0.3 is 6.18 Å². The number of aliphatic hydroxyl groups is 1. The molecule has 0 saturated carbocycles. The van der Waals surface area contributed by atoms with Gasteiger partial charge in [-0.25, -0.2) is 0 Å². The Kier molecular flexibility index (Phi) is 7.02. The summed E-state index contributed by atoms with van der Waals surface area (Å²) in [7, 11) is 0. The minimum atomic E-state index is -4.35. The van der Waals surface area contributed by atoms with Crippen molar-refractivity contribution in [1.29, 1.82) is 0 Å². The van der Waals surface area contributed by atoms with E-state index in [2.05, 4.69) is 21.2 Å². The molecule has 0 bridgehead atoms. The van der Waals surface area contributed by atoms with E-state index < -0.39 is 11.7 Å². The number of halogens is 4. The van der Waals surface area contributed by atoms with Gasteiger partial charge in [0.15, 0.2) is 0 Å². The highest BCUT2D eigenvalue weighted by Crippen LogP contribution is 2.36. The van der Waals surface area contributed by atoms with Crippen LogP contribution in [-0.2, 0) is 6.18 Å². The van der Waals surface area contributed by atoms with Crippen LogP contribution in [0.5, 0.6) is 0 Å². The predicted molar refractivity (Wildman–Crippen MR) is 76.7 cm³/mol. The van der Waals surface area contributed by atoms with E-state index in [1.807, 2.05) is 0 Å². The lowest BCUT2D eigenvalue weighted by atomic mass is 10.1. The lowest BCUT2D eigenvalue weighted by Crippen LogP contribution is -2.12. The second-order valence-corrected chi connectivity index (χ2v) is 5.94. The first-order valence-electron chi connectivity index (χ1n) is 5.74. The third kappa shape index (κ3) is 6.05. The Morgan fingerprint density at radius 2 is 2.00 bits per heavy atom. The SMILES string of the molecule is OCCCSCCNc1cc(Br)ccc1C(F)(F)F. The van der Waals surface area contributed by atoms with Crippen LogP contribution < -0.4 is 5.32 Å². The van der Waals surface area contributed by atoms with Gasteiger partial charge in [0.25, 0.3) is 0 Å². The van der Waals surface area contributed by atoms with Crippen LogP contribution in [0.4, 0.5) is 18.9 Å². The number of rotatable bonds is 7. The second-order valence-electron chi connectivity index (χ2n) is 3.80. The van der Waals surface area contributed by atoms with Crippen LogP contribution >= 0.6 is 27.7 Å². The Morgan fingerprint density at radius 3 is 2.63 bits per heavy atom. The fraction of sp³-hybridized carbons (Fsp3) is 0.500. The van der Waals surface area contributed by atoms with Crippen molar-refractivity contribution in [2.24, 2.45) is 0 Å². The number of thioether (sulfide) groups is 1. The van der Waals surface area contributed by atoms with E-state index in [-0.39, 0.29) is 12.3 Å². The maximum Gasteiger partial charge on any atom is 0.418 e. The highest BCUT2D eigenvalue weighted by molar-refractivity contribution is 9.10. The van der Waals surface area contributed by atoms with E-state index in [9.17, 15) is 13.2 Å². The third-order valence-electron chi connectivity index (χ3n) is 2.30. The summed E-state index contributed by atoms with van der Waals surface area (Å²) in [5.41, 5.74) is -0.569. The van der Waals surface area contributed by atoms with Crippen molar-refractivity contribution < 1.29 is 18.3 Å². The van der Waals surface area contributed by atoms with Crippen molar-refractivity contribution in [2.45, 2.75) is 12.6 Å². The van der Waals surface area contributed by atoms with Gasteiger partial charge in [-0.15, -0.1) is 0 Å². The first-order valence-corrected chi connectivity index (χ1v) is 7.69. The van der Waals surface area contributed by atoms with Crippen LogP contribution in [-0.4, -0.2) is 29.8 Å². The van der Waals surface area contributed by atoms with Crippen molar-refractivity contribution in [3.63, 3.8) is 0 Å². The van der Waals surface area contributed by atoms with Crippen LogP contribution in [0.1, 0.15) is 12.0 Å².